The molecule has 3 aromatic heterocycles. The second kappa shape index (κ2) is 6.83. The second-order valence-electron chi connectivity index (χ2n) is 7.13. The highest BCUT2D eigenvalue weighted by molar-refractivity contribution is 5.76. The van der Waals surface area contributed by atoms with E-state index in [-0.39, 0.29) is 6.04 Å². The molecule has 9 heteroatoms. The van der Waals surface area contributed by atoms with Gasteiger partial charge in [0.1, 0.15) is 11.5 Å². The number of rotatable bonds is 4. The first-order chi connectivity index (χ1) is 13.7. The summed E-state index contributed by atoms with van der Waals surface area (Å²) < 4.78 is 15.4. The van der Waals surface area contributed by atoms with Gasteiger partial charge in [-0.15, -0.1) is 0 Å². The first kappa shape index (κ1) is 17.1. The van der Waals surface area contributed by atoms with Crippen molar-refractivity contribution in [2.75, 3.05) is 36.4 Å². The van der Waals surface area contributed by atoms with Gasteiger partial charge in [-0.2, -0.15) is 4.98 Å². The van der Waals surface area contributed by atoms with E-state index in [1.165, 1.54) is 16.8 Å². The summed E-state index contributed by atoms with van der Waals surface area (Å²) in [5.74, 6) is 0.171. The molecule has 5 rings (SSSR count). The Labute approximate surface area is 160 Å². The van der Waals surface area contributed by atoms with Crippen LogP contribution in [0.25, 0.3) is 11.0 Å². The molecule has 0 bridgehead atoms. The van der Waals surface area contributed by atoms with Crippen LogP contribution in [0.1, 0.15) is 18.9 Å². The second-order valence-corrected chi connectivity index (χ2v) is 7.13. The normalized spacial score (nSPS) is 17.1. The third kappa shape index (κ3) is 3.18. The summed E-state index contributed by atoms with van der Waals surface area (Å²) in [6.45, 7) is 3.84. The number of pyridine rings is 2. The van der Waals surface area contributed by atoms with Gasteiger partial charge in [-0.1, -0.05) is 0 Å². The molecule has 1 saturated carbocycles. The lowest BCUT2D eigenvalue weighted by Gasteiger charge is -2.29. The number of hydrogen-bond donors (Lipinski definition) is 2. The minimum Gasteiger partial charge on any atom is -0.368 e. The predicted octanol–water partition coefficient (Wildman–Crippen LogP) is 1.81. The van der Waals surface area contributed by atoms with E-state index in [2.05, 4.69) is 30.5 Å². The van der Waals surface area contributed by atoms with Gasteiger partial charge in [0.15, 0.2) is 5.82 Å². The maximum Gasteiger partial charge on any atom is 0.288 e. The number of piperazine rings is 1. The van der Waals surface area contributed by atoms with Crippen LogP contribution in [0, 0.1) is 5.82 Å². The van der Waals surface area contributed by atoms with E-state index in [9.17, 15) is 9.18 Å². The Bertz CT molecular complexity index is 1070. The molecule has 2 aliphatic rings. The zero-order valence-electron chi connectivity index (χ0n) is 15.2. The minimum atomic E-state index is -0.770. The van der Waals surface area contributed by atoms with Gasteiger partial charge in [-0.3, -0.25) is 9.36 Å². The number of hydrogen-bond acceptors (Lipinski definition) is 7. The molecular weight excluding hydrogens is 361 g/mol. The van der Waals surface area contributed by atoms with Gasteiger partial charge < -0.3 is 15.5 Å². The molecule has 144 valence electrons. The summed E-state index contributed by atoms with van der Waals surface area (Å²) >= 11 is 0. The van der Waals surface area contributed by atoms with Crippen molar-refractivity contribution in [3.05, 3.63) is 46.8 Å². The largest absolute Gasteiger partial charge is 0.368 e. The first-order valence-corrected chi connectivity index (χ1v) is 9.45. The third-order valence-electron chi connectivity index (χ3n) is 5.11. The molecule has 28 heavy (non-hydrogen) atoms. The van der Waals surface area contributed by atoms with Gasteiger partial charge in [-0.05, 0) is 31.0 Å². The van der Waals surface area contributed by atoms with Crippen LogP contribution in [-0.4, -0.2) is 45.7 Å². The third-order valence-corrected chi connectivity index (χ3v) is 5.11. The molecule has 1 aliphatic heterocycles. The van der Waals surface area contributed by atoms with E-state index in [0.29, 0.717) is 22.8 Å². The van der Waals surface area contributed by atoms with Crippen molar-refractivity contribution in [3.8, 4) is 0 Å². The molecule has 2 N–H and O–H groups in total. The fourth-order valence-corrected chi connectivity index (χ4v) is 3.50. The molecule has 0 spiro atoms. The average Bonchev–Trinajstić information content (AvgIpc) is 3.56. The smallest absolute Gasteiger partial charge is 0.288 e. The SMILES string of the molecule is O=c1c(F)cc2cnc(Nc3ccc(N4CCNCC4)cn3)nc2n1C1CC1. The number of aromatic nitrogens is 4. The van der Waals surface area contributed by atoms with E-state index in [4.69, 9.17) is 0 Å². The number of nitrogens with zero attached hydrogens (tertiary/aromatic N) is 5. The maximum absolute atomic E-state index is 13.9. The summed E-state index contributed by atoms with van der Waals surface area (Å²) in [4.78, 5) is 27.6. The molecule has 0 aromatic carbocycles. The van der Waals surface area contributed by atoms with Crippen molar-refractivity contribution >= 4 is 28.5 Å². The number of nitrogens with one attached hydrogen (secondary N) is 2. The number of halogens is 1. The molecule has 0 amide bonds. The van der Waals surface area contributed by atoms with Crippen molar-refractivity contribution in [3.63, 3.8) is 0 Å². The molecular formula is C19H20FN7O. The highest BCUT2D eigenvalue weighted by atomic mass is 19.1. The fraction of sp³-hybridized carbons (Fsp3) is 0.368. The molecule has 1 saturated heterocycles. The lowest BCUT2D eigenvalue weighted by Crippen LogP contribution is -2.43. The standard InChI is InChI=1S/C19H20FN7O/c20-15-9-12-10-23-19(25-17(12)27(18(15)28)13-1-2-13)24-16-4-3-14(11-22-16)26-7-5-21-6-8-26/h3-4,9-11,13,21H,1-2,5-8H2,(H,22,23,24,25). The zero-order valence-corrected chi connectivity index (χ0v) is 15.2. The van der Waals surface area contributed by atoms with Crippen molar-refractivity contribution < 1.29 is 4.39 Å². The number of fused-ring (bicyclic) bond motifs is 1. The number of anilines is 3. The Hall–Kier alpha value is -3.07. The summed E-state index contributed by atoms with van der Waals surface area (Å²) in [5, 5.41) is 6.91. The predicted molar refractivity (Wildman–Crippen MR) is 105 cm³/mol. The van der Waals surface area contributed by atoms with Crippen molar-refractivity contribution in [1.82, 2.24) is 24.8 Å². The Morgan fingerprint density at radius 1 is 1.14 bits per heavy atom. The molecule has 0 atom stereocenters. The van der Waals surface area contributed by atoms with E-state index >= 15 is 0 Å². The van der Waals surface area contributed by atoms with Gasteiger partial charge in [0.05, 0.1) is 11.9 Å². The topological polar surface area (TPSA) is 88.0 Å². The molecule has 8 nitrogen and oxygen atoms in total. The van der Waals surface area contributed by atoms with Crippen molar-refractivity contribution in [2.45, 2.75) is 18.9 Å². The quantitative estimate of drug-likeness (QED) is 0.713. The van der Waals surface area contributed by atoms with Gasteiger partial charge in [0.2, 0.25) is 5.95 Å². The lowest BCUT2D eigenvalue weighted by atomic mass is 10.3. The van der Waals surface area contributed by atoms with E-state index in [1.54, 1.807) is 0 Å². The first-order valence-electron chi connectivity index (χ1n) is 9.45. The molecule has 4 heterocycles. The maximum atomic E-state index is 13.9. The van der Waals surface area contributed by atoms with Crippen LogP contribution in [-0.2, 0) is 0 Å². The van der Waals surface area contributed by atoms with Crippen LogP contribution < -0.4 is 21.1 Å². The highest BCUT2D eigenvalue weighted by Gasteiger charge is 2.28. The van der Waals surface area contributed by atoms with Crippen molar-refractivity contribution in [2.24, 2.45) is 0 Å². The summed E-state index contributed by atoms with van der Waals surface area (Å²) in [7, 11) is 0. The highest BCUT2D eigenvalue weighted by Crippen LogP contribution is 2.35. The minimum absolute atomic E-state index is 0.0184. The van der Waals surface area contributed by atoms with Gasteiger partial charge in [0, 0.05) is 43.8 Å². The van der Waals surface area contributed by atoms with Crippen molar-refractivity contribution in [1.29, 1.82) is 0 Å². The lowest BCUT2D eigenvalue weighted by molar-refractivity contribution is 0.580. The van der Waals surface area contributed by atoms with E-state index < -0.39 is 11.4 Å². The van der Waals surface area contributed by atoms with Crippen LogP contribution in [0.2, 0.25) is 0 Å². The van der Waals surface area contributed by atoms with Gasteiger partial charge in [0.25, 0.3) is 5.56 Å². The Kier molecular flexibility index (Phi) is 4.16. The fourth-order valence-electron chi connectivity index (χ4n) is 3.50. The molecule has 2 fully saturated rings. The zero-order chi connectivity index (χ0) is 19.1. The summed E-state index contributed by atoms with van der Waals surface area (Å²) in [6.07, 6.45) is 5.08. The summed E-state index contributed by atoms with van der Waals surface area (Å²) in [5.41, 5.74) is 0.895. The van der Waals surface area contributed by atoms with Crippen LogP contribution >= 0.6 is 0 Å². The van der Waals surface area contributed by atoms with E-state index in [1.807, 2.05) is 18.3 Å². The average molecular weight is 381 g/mol. The monoisotopic (exact) mass is 381 g/mol. The molecule has 0 radical (unpaired) electrons. The van der Waals surface area contributed by atoms with Crippen LogP contribution in [0.4, 0.5) is 21.8 Å². The van der Waals surface area contributed by atoms with Gasteiger partial charge >= 0.3 is 0 Å². The Morgan fingerprint density at radius 2 is 1.96 bits per heavy atom. The molecule has 3 aromatic rings. The van der Waals surface area contributed by atoms with Crippen LogP contribution in [0.15, 0.2) is 35.4 Å². The van der Waals surface area contributed by atoms with Crippen LogP contribution in [0.3, 0.4) is 0 Å². The summed E-state index contributed by atoms with van der Waals surface area (Å²) in [6, 6.07) is 5.10. The molecule has 0 unspecified atom stereocenters. The van der Waals surface area contributed by atoms with Gasteiger partial charge in [-0.25, -0.2) is 14.4 Å². The van der Waals surface area contributed by atoms with Crippen LogP contribution in [0.5, 0.6) is 0 Å². The molecule has 1 aliphatic carbocycles. The van der Waals surface area contributed by atoms with E-state index in [0.717, 1.165) is 44.7 Å². The Morgan fingerprint density at radius 3 is 2.68 bits per heavy atom. The Balaban J connectivity index is 1.43.